The van der Waals surface area contributed by atoms with E-state index in [4.69, 9.17) is 0 Å². The minimum absolute atomic E-state index is 0.208. The quantitative estimate of drug-likeness (QED) is 0.129. The summed E-state index contributed by atoms with van der Waals surface area (Å²) in [5.41, 5.74) is 8.18. The van der Waals surface area contributed by atoms with Crippen LogP contribution < -0.4 is 0 Å². The first kappa shape index (κ1) is 38.2. The van der Waals surface area contributed by atoms with Crippen LogP contribution in [-0.2, 0) is 0 Å². The molecule has 0 fully saturated rings. The summed E-state index contributed by atoms with van der Waals surface area (Å²) >= 11 is 0. The summed E-state index contributed by atoms with van der Waals surface area (Å²) in [6.45, 7) is 0. The third kappa shape index (κ3) is 6.44. The van der Waals surface area contributed by atoms with E-state index in [9.17, 15) is 19.2 Å². The van der Waals surface area contributed by atoms with E-state index >= 15 is 0 Å². The van der Waals surface area contributed by atoms with Crippen molar-refractivity contribution < 1.29 is 19.2 Å². The van der Waals surface area contributed by atoms with E-state index < -0.39 is 0 Å². The molecule has 11 rings (SSSR count). The van der Waals surface area contributed by atoms with Crippen molar-refractivity contribution in [1.82, 2.24) is 9.13 Å². The molecular formula is C58H36N2O4. The number of rotatable bonds is 10. The van der Waals surface area contributed by atoms with Crippen molar-refractivity contribution in [2.45, 2.75) is 0 Å². The van der Waals surface area contributed by atoms with Gasteiger partial charge in [0.2, 0.25) is 0 Å². The van der Waals surface area contributed by atoms with Crippen molar-refractivity contribution in [3.8, 4) is 11.4 Å². The van der Waals surface area contributed by atoms with Crippen LogP contribution in [0.2, 0.25) is 0 Å². The SMILES string of the molecule is O=C(c1ccccc1)c1cc(C(=O)c2ccccc2)cc(-n2c3ccccc3c3ccc4c5ccccc5n(-c5cc(C(=O)c6ccccc6)cc(C(=O)c6ccccc6)c5)c4c32)c1. The molecule has 9 aromatic carbocycles. The molecule has 11 aromatic rings. The van der Waals surface area contributed by atoms with Gasteiger partial charge in [0.05, 0.1) is 22.1 Å². The third-order valence-corrected chi connectivity index (χ3v) is 12.0. The van der Waals surface area contributed by atoms with E-state index in [2.05, 4.69) is 33.4 Å². The first-order valence-electron chi connectivity index (χ1n) is 21.1. The molecule has 0 aliphatic heterocycles. The molecule has 0 aliphatic carbocycles. The summed E-state index contributed by atoms with van der Waals surface area (Å²) in [6, 6.07) is 67.7. The summed E-state index contributed by atoms with van der Waals surface area (Å²) in [7, 11) is 0. The number of hydrogen-bond donors (Lipinski definition) is 0. The lowest BCUT2D eigenvalue weighted by Gasteiger charge is -2.16. The summed E-state index contributed by atoms with van der Waals surface area (Å²) in [6.07, 6.45) is 0. The third-order valence-electron chi connectivity index (χ3n) is 12.0. The van der Waals surface area contributed by atoms with E-state index in [1.807, 2.05) is 133 Å². The molecule has 0 saturated heterocycles. The fourth-order valence-electron chi connectivity index (χ4n) is 9.07. The lowest BCUT2D eigenvalue weighted by molar-refractivity contribution is 0.102. The Morgan fingerprint density at radius 1 is 0.250 bits per heavy atom. The van der Waals surface area contributed by atoms with Gasteiger partial charge in [0.25, 0.3) is 0 Å². The molecule has 0 bridgehead atoms. The standard InChI is InChI=1S/C58H36N2O4/c61-55(37-17-5-1-6-18-37)41-31-42(56(62)38-19-7-2-8-20-38)34-45(33-41)59-51-27-15-13-25-47(51)49-29-30-50-48-26-14-16-28-52(48)60(54(50)53(49)59)46-35-43(57(63)39-21-9-3-10-22-39)32-44(36-46)58(64)40-23-11-4-12-24-40/h1-36H. The molecule has 6 nitrogen and oxygen atoms in total. The number of nitrogens with zero attached hydrogens (tertiary/aromatic N) is 2. The minimum Gasteiger partial charge on any atom is -0.307 e. The average Bonchev–Trinajstić information content (AvgIpc) is 3.89. The second-order valence-corrected chi connectivity index (χ2v) is 15.9. The topological polar surface area (TPSA) is 78.1 Å². The molecule has 302 valence electrons. The maximum Gasteiger partial charge on any atom is 0.193 e. The number of benzene rings is 9. The van der Waals surface area contributed by atoms with Crippen LogP contribution in [0.1, 0.15) is 63.7 Å². The van der Waals surface area contributed by atoms with Crippen LogP contribution in [0.3, 0.4) is 0 Å². The van der Waals surface area contributed by atoms with Gasteiger partial charge in [-0.3, -0.25) is 19.2 Å². The largest absolute Gasteiger partial charge is 0.307 e. The predicted octanol–water partition coefficient (Wildman–Crippen LogP) is 12.8. The van der Waals surface area contributed by atoms with Gasteiger partial charge in [-0.25, -0.2) is 0 Å². The van der Waals surface area contributed by atoms with Gasteiger partial charge in [-0.2, -0.15) is 0 Å². The van der Waals surface area contributed by atoms with Gasteiger partial charge >= 0.3 is 0 Å². The van der Waals surface area contributed by atoms with Crippen LogP contribution in [0.25, 0.3) is 55.0 Å². The van der Waals surface area contributed by atoms with Crippen molar-refractivity contribution in [2.24, 2.45) is 0 Å². The summed E-state index contributed by atoms with van der Waals surface area (Å²) < 4.78 is 4.28. The Balaban J connectivity index is 1.25. The van der Waals surface area contributed by atoms with Gasteiger partial charge in [0.15, 0.2) is 23.1 Å². The Hall–Kier alpha value is -8.74. The van der Waals surface area contributed by atoms with E-state index in [0.717, 1.165) is 43.6 Å². The minimum atomic E-state index is -0.208. The van der Waals surface area contributed by atoms with Crippen LogP contribution in [-0.4, -0.2) is 32.3 Å². The van der Waals surface area contributed by atoms with E-state index in [0.29, 0.717) is 55.9 Å². The second-order valence-electron chi connectivity index (χ2n) is 15.9. The van der Waals surface area contributed by atoms with E-state index in [1.165, 1.54) is 0 Å². The van der Waals surface area contributed by atoms with Gasteiger partial charge in [-0.1, -0.05) is 170 Å². The van der Waals surface area contributed by atoms with Crippen LogP contribution in [0.4, 0.5) is 0 Å². The Labute approximate surface area is 367 Å². The van der Waals surface area contributed by atoms with Gasteiger partial charge in [0.1, 0.15) is 0 Å². The number of fused-ring (bicyclic) bond motifs is 7. The normalized spacial score (nSPS) is 11.4. The fraction of sp³-hybridized carbons (Fsp3) is 0. The molecular weight excluding hydrogens is 789 g/mol. The average molecular weight is 825 g/mol. The zero-order valence-electron chi connectivity index (χ0n) is 34.3. The summed E-state index contributed by atoms with van der Waals surface area (Å²) in [4.78, 5) is 57.5. The molecule has 0 radical (unpaired) electrons. The number of hydrogen-bond acceptors (Lipinski definition) is 4. The Morgan fingerprint density at radius 3 is 0.812 bits per heavy atom. The van der Waals surface area contributed by atoms with Crippen LogP contribution in [0.5, 0.6) is 0 Å². The highest BCUT2D eigenvalue weighted by molar-refractivity contribution is 6.24. The number of para-hydroxylation sites is 2. The molecule has 64 heavy (non-hydrogen) atoms. The van der Waals surface area contributed by atoms with Crippen molar-refractivity contribution in [1.29, 1.82) is 0 Å². The van der Waals surface area contributed by atoms with Crippen molar-refractivity contribution in [3.63, 3.8) is 0 Å². The van der Waals surface area contributed by atoms with Crippen molar-refractivity contribution in [3.05, 3.63) is 263 Å². The maximum absolute atomic E-state index is 14.4. The smallest absolute Gasteiger partial charge is 0.193 e. The van der Waals surface area contributed by atoms with Gasteiger partial charge in [-0.15, -0.1) is 0 Å². The number of carbonyl (C=O) groups is 4. The van der Waals surface area contributed by atoms with Crippen molar-refractivity contribution >= 4 is 66.7 Å². The highest BCUT2D eigenvalue weighted by Crippen LogP contribution is 2.42. The molecule has 0 amide bonds. The van der Waals surface area contributed by atoms with Gasteiger partial charge in [0, 0.05) is 77.4 Å². The highest BCUT2D eigenvalue weighted by Gasteiger charge is 2.25. The summed E-state index contributed by atoms with van der Waals surface area (Å²) in [5.74, 6) is -0.833. The van der Waals surface area contributed by atoms with E-state index in [-0.39, 0.29) is 23.1 Å². The highest BCUT2D eigenvalue weighted by atomic mass is 16.1. The first-order valence-corrected chi connectivity index (χ1v) is 21.1. The molecule has 6 heteroatoms. The van der Waals surface area contributed by atoms with E-state index in [1.54, 1.807) is 60.7 Å². The Bertz CT molecular complexity index is 3280. The number of carbonyl (C=O) groups excluding carboxylic acids is 4. The van der Waals surface area contributed by atoms with Gasteiger partial charge in [-0.05, 0) is 48.5 Å². The van der Waals surface area contributed by atoms with Crippen LogP contribution >= 0.6 is 0 Å². The molecule has 0 aliphatic rings. The van der Waals surface area contributed by atoms with Crippen molar-refractivity contribution in [2.75, 3.05) is 0 Å². The molecule has 2 aromatic heterocycles. The van der Waals surface area contributed by atoms with Crippen LogP contribution in [0, 0.1) is 0 Å². The zero-order valence-corrected chi connectivity index (χ0v) is 34.3. The molecule has 0 saturated carbocycles. The lowest BCUT2D eigenvalue weighted by Crippen LogP contribution is -2.09. The fourth-order valence-corrected chi connectivity index (χ4v) is 9.07. The second kappa shape index (κ2) is 15.6. The Morgan fingerprint density at radius 2 is 0.516 bits per heavy atom. The van der Waals surface area contributed by atoms with Crippen LogP contribution in [0.15, 0.2) is 218 Å². The Kier molecular flexibility index (Phi) is 9.32. The number of aromatic nitrogens is 2. The lowest BCUT2D eigenvalue weighted by atomic mass is 9.96. The first-order chi connectivity index (χ1) is 31.4. The maximum atomic E-state index is 14.4. The molecule has 0 unspecified atom stereocenters. The van der Waals surface area contributed by atoms with Gasteiger partial charge < -0.3 is 9.13 Å². The zero-order chi connectivity index (χ0) is 43.3. The molecule has 0 spiro atoms. The summed E-state index contributed by atoms with van der Waals surface area (Å²) in [5, 5.41) is 3.83. The molecule has 0 N–H and O–H groups in total. The monoisotopic (exact) mass is 824 g/mol. The molecule has 0 atom stereocenters. The number of ketones is 4. The predicted molar refractivity (Wildman–Crippen MR) is 255 cm³/mol. The molecule has 2 heterocycles.